The van der Waals surface area contributed by atoms with Crippen molar-refractivity contribution in [3.05, 3.63) is 86.9 Å². The quantitative estimate of drug-likeness (QED) is 0.184. The number of aliphatic hydroxyl groups excluding tert-OH is 1. The fourth-order valence-corrected chi connectivity index (χ4v) is 6.37. The van der Waals surface area contributed by atoms with Gasteiger partial charge in [0.1, 0.15) is 11.9 Å². The highest BCUT2D eigenvalue weighted by molar-refractivity contribution is 7.90. The third-order valence-electron chi connectivity index (χ3n) is 6.26. The maximum Gasteiger partial charge on any atom is 0.329 e. The molecule has 0 spiro atoms. The smallest absolute Gasteiger partial charge is 0.329 e. The number of rotatable bonds is 11. The Morgan fingerprint density at radius 2 is 1.74 bits per heavy atom. The highest BCUT2D eigenvalue weighted by Gasteiger charge is 2.28. The van der Waals surface area contributed by atoms with E-state index in [1.165, 1.54) is 12.1 Å². The number of halogens is 2. The molecule has 0 unspecified atom stereocenters. The number of anilines is 1. The lowest BCUT2D eigenvalue weighted by Gasteiger charge is -2.20. The Kier molecular flexibility index (Phi) is 10.1. The second-order valence-electron chi connectivity index (χ2n) is 9.92. The summed E-state index contributed by atoms with van der Waals surface area (Å²) in [6, 6.07) is 14.1. The van der Waals surface area contributed by atoms with E-state index in [4.69, 9.17) is 27.9 Å². The van der Waals surface area contributed by atoms with Crippen LogP contribution in [0.15, 0.2) is 59.5 Å². The van der Waals surface area contributed by atoms with Gasteiger partial charge in [-0.05, 0) is 60.3 Å². The van der Waals surface area contributed by atoms with Gasteiger partial charge in [-0.3, -0.25) is 4.79 Å². The summed E-state index contributed by atoms with van der Waals surface area (Å²) in [5.74, 6) is -0.836. The highest BCUT2D eigenvalue weighted by Crippen LogP contribution is 2.39. The van der Waals surface area contributed by atoms with Crippen molar-refractivity contribution in [3.8, 4) is 0 Å². The Balaban J connectivity index is 1.58. The second-order valence-corrected chi connectivity index (χ2v) is 13.5. The fourth-order valence-electron chi connectivity index (χ4n) is 4.17. The van der Waals surface area contributed by atoms with E-state index in [0.29, 0.717) is 28.0 Å². The molecule has 42 heavy (non-hydrogen) atoms. The minimum Gasteiger partial charge on any atom is -0.461 e. The molecule has 3 aromatic carbocycles. The average molecular weight is 651 g/mol. The number of nitrogens with one attached hydrogen (secondary N) is 2. The van der Waals surface area contributed by atoms with Gasteiger partial charge in [-0.2, -0.15) is 4.37 Å². The standard InChI is InChI=1S/C29H29Cl2N3O6S2/c1-16(2)40-29(37)23(12-19-5-4-6-20(11-19)42(3,38)39)33-28(36)24-22(30)13-21-26(25(24)31)41-34-27(21)32-14-17-7-9-18(15-35)10-8-17/h4-11,13,16,23,35H,12,14-15H2,1-3H3,(H,32,34)(H,33,36)/t23-/m0/s1. The van der Waals surface area contributed by atoms with E-state index in [9.17, 15) is 23.1 Å². The largest absolute Gasteiger partial charge is 0.461 e. The molecule has 0 saturated heterocycles. The molecule has 1 amide bonds. The van der Waals surface area contributed by atoms with Gasteiger partial charge in [0.05, 0.1) is 37.9 Å². The summed E-state index contributed by atoms with van der Waals surface area (Å²) >= 11 is 14.3. The third kappa shape index (κ3) is 7.59. The van der Waals surface area contributed by atoms with Crippen LogP contribution in [-0.2, 0) is 38.9 Å². The first-order valence-corrected chi connectivity index (χ1v) is 16.3. The number of sulfone groups is 1. The zero-order valence-corrected chi connectivity index (χ0v) is 26.1. The first-order chi connectivity index (χ1) is 19.9. The van der Waals surface area contributed by atoms with Crippen molar-refractivity contribution in [2.24, 2.45) is 0 Å². The molecule has 9 nitrogen and oxygen atoms in total. The van der Waals surface area contributed by atoms with Crippen LogP contribution in [0.1, 0.15) is 40.9 Å². The average Bonchev–Trinajstić information content (AvgIpc) is 3.34. The van der Waals surface area contributed by atoms with E-state index < -0.39 is 33.9 Å². The Morgan fingerprint density at radius 3 is 2.38 bits per heavy atom. The first-order valence-electron chi connectivity index (χ1n) is 12.9. The number of carbonyl (C=O) groups excluding carboxylic acids is 2. The molecule has 13 heteroatoms. The maximum atomic E-state index is 13.5. The van der Waals surface area contributed by atoms with Gasteiger partial charge in [0, 0.05) is 24.6 Å². The summed E-state index contributed by atoms with van der Waals surface area (Å²) in [4.78, 5) is 26.5. The van der Waals surface area contributed by atoms with Crippen molar-refractivity contribution in [1.29, 1.82) is 0 Å². The monoisotopic (exact) mass is 649 g/mol. The number of ether oxygens (including phenoxy) is 1. The molecule has 0 radical (unpaired) electrons. The summed E-state index contributed by atoms with van der Waals surface area (Å²) in [6.07, 6.45) is 0.624. The van der Waals surface area contributed by atoms with E-state index >= 15 is 0 Å². The molecule has 4 aromatic rings. The number of carbonyl (C=O) groups is 2. The summed E-state index contributed by atoms with van der Waals surface area (Å²) < 4.78 is 34.4. The number of aromatic nitrogens is 1. The van der Waals surface area contributed by atoms with Gasteiger partial charge < -0.3 is 20.5 Å². The molecule has 3 N–H and O–H groups in total. The zero-order chi connectivity index (χ0) is 30.6. The number of amides is 1. The van der Waals surface area contributed by atoms with Crippen LogP contribution in [0.2, 0.25) is 10.0 Å². The Morgan fingerprint density at radius 1 is 1.05 bits per heavy atom. The molecule has 1 heterocycles. The molecular weight excluding hydrogens is 621 g/mol. The lowest BCUT2D eigenvalue weighted by molar-refractivity contribution is -0.149. The van der Waals surface area contributed by atoms with Crippen molar-refractivity contribution < 1.29 is 27.9 Å². The van der Waals surface area contributed by atoms with Gasteiger partial charge in [-0.25, -0.2) is 13.2 Å². The molecule has 0 saturated carbocycles. The normalized spacial score (nSPS) is 12.4. The van der Waals surface area contributed by atoms with Gasteiger partial charge in [0.25, 0.3) is 5.91 Å². The van der Waals surface area contributed by atoms with Gasteiger partial charge in [-0.1, -0.05) is 59.6 Å². The molecule has 1 atom stereocenters. The first kappa shape index (κ1) is 31.7. The number of esters is 1. The minimum atomic E-state index is -3.48. The molecular formula is C29H29Cl2N3O6S2. The summed E-state index contributed by atoms with van der Waals surface area (Å²) in [6.45, 7) is 3.79. The second kappa shape index (κ2) is 13.4. The fraction of sp³-hybridized carbons (Fsp3) is 0.276. The highest BCUT2D eigenvalue weighted by atomic mass is 35.5. The maximum absolute atomic E-state index is 13.5. The topological polar surface area (TPSA) is 135 Å². The predicted octanol–water partition coefficient (Wildman–Crippen LogP) is 5.40. The number of hydrogen-bond acceptors (Lipinski definition) is 9. The van der Waals surface area contributed by atoms with Crippen LogP contribution < -0.4 is 10.6 Å². The van der Waals surface area contributed by atoms with Crippen molar-refractivity contribution in [2.45, 2.75) is 50.5 Å². The van der Waals surface area contributed by atoms with Crippen molar-refractivity contribution in [1.82, 2.24) is 9.69 Å². The molecule has 0 aliphatic carbocycles. The molecule has 1 aromatic heterocycles. The number of aliphatic hydroxyl groups is 1. The number of nitrogens with zero attached hydrogens (tertiary/aromatic N) is 1. The van der Waals surface area contributed by atoms with E-state index in [1.54, 1.807) is 32.0 Å². The van der Waals surface area contributed by atoms with Crippen molar-refractivity contribution >= 4 is 72.4 Å². The van der Waals surface area contributed by atoms with E-state index in [-0.39, 0.29) is 33.5 Å². The van der Waals surface area contributed by atoms with Crippen LogP contribution in [0, 0.1) is 0 Å². The molecule has 0 fully saturated rings. The Hall–Kier alpha value is -3.22. The number of hydrogen-bond donors (Lipinski definition) is 3. The van der Waals surface area contributed by atoms with E-state index in [1.807, 2.05) is 24.3 Å². The lowest BCUT2D eigenvalue weighted by Crippen LogP contribution is -2.44. The molecule has 0 aliphatic rings. The number of benzene rings is 3. The van der Waals surface area contributed by atoms with Crippen LogP contribution in [0.5, 0.6) is 0 Å². The SMILES string of the molecule is CC(C)OC(=O)[C@H](Cc1cccc(S(C)(=O)=O)c1)NC(=O)c1c(Cl)cc2c(NCc3ccc(CO)cc3)nsc2c1Cl. The molecule has 222 valence electrons. The van der Waals surface area contributed by atoms with Crippen molar-refractivity contribution in [2.75, 3.05) is 11.6 Å². The van der Waals surface area contributed by atoms with E-state index in [0.717, 1.165) is 28.9 Å². The molecule has 0 bridgehead atoms. The van der Waals surface area contributed by atoms with Crippen LogP contribution in [0.4, 0.5) is 5.82 Å². The summed E-state index contributed by atoms with van der Waals surface area (Å²) in [5, 5.41) is 15.9. The third-order valence-corrected chi connectivity index (χ3v) is 9.04. The van der Waals surface area contributed by atoms with Crippen LogP contribution in [-0.4, -0.2) is 48.2 Å². The predicted molar refractivity (Wildman–Crippen MR) is 165 cm³/mol. The van der Waals surface area contributed by atoms with Crippen molar-refractivity contribution in [3.63, 3.8) is 0 Å². The minimum absolute atomic E-state index is 0.0205. The van der Waals surface area contributed by atoms with Crippen LogP contribution in [0.25, 0.3) is 10.1 Å². The van der Waals surface area contributed by atoms with Crippen LogP contribution >= 0.6 is 34.7 Å². The van der Waals surface area contributed by atoms with E-state index in [2.05, 4.69) is 15.0 Å². The van der Waals surface area contributed by atoms with Gasteiger partial charge >= 0.3 is 5.97 Å². The lowest BCUT2D eigenvalue weighted by atomic mass is 10.0. The Labute approximate surface area is 257 Å². The van der Waals surface area contributed by atoms with Gasteiger partial charge in [0.2, 0.25) is 0 Å². The zero-order valence-electron chi connectivity index (χ0n) is 23.0. The van der Waals surface area contributed by atoms with Gasteiger partial charge in [0.15, 0.2) is 9.84 Å². The number of fused-ring (bicyclic) bond motifs is 1. The molecule has 0 aliphatic heterocycles. The summed E-state index contributed by atoms with van der Waals surface area (Å²) in [7, 11) is -3.48. The Bertz CT molecular complexity index is 1720. The summed E-state index contributed by atoms with van der Waals surface area (Å²) in [5.41, 5.74) is 2.28. The van der Waals surface area contributed by atoms with Gasteiger partial charge in [-0.15, -0.1) is 0 Å². The molecule has 4 rings (SSSR count). The van der Waals surface area contributed by atoms with Crippen LogP contribution in [0.3, 0.4) is 0 Å².